The van der Waals surface area contributed by atoms with E-state index in [1.807, 2.05) is 50.6 Å². The Morgan fingerprint density at radius 1 is 1.08 bits per heavy atom. The fraction of sp³-hybridized carbons (Fsp3) is 0.211. The Labute approximate surface area is 145 Å². The number of rotatable bonds is 3. The van der Waals surface area contributed by atoms with E-state index in [0.717, 1.165) is 28.3 Å². The molecular weight excluding hydrogens is 316 g/mol. The smallest absolute Gasteiger partial charge is 0.271 e. The van der Waals surface area contributed by atoms with Gasteiger partial charge >= 0.3 is 0 Å². The van der Waals surface area contributed by atoms with E-state index in [9.17, 15) is 9.59 Å². The predicted molar refractivity (Wildman–Crippen MR) is 97.5 cm³/mol. The molecule has 0 bridgehead atoms. The van der Waals surface area contributed by atoms with E-state index < -0.39 is 0 Å². The summed E-state index contributed by atoms with van der Waals surface area (Å²) in [7, 11) is 0. The number of anilines is 1. The zero-order chi connectivity index (χ0) is 18.1. The van der Waals surface area contributed by atoms with Gasteiger partial charge in [0, 0.05) is 17.0 Å². The number of aromatic nitrogens is 3. The highest BCUT2D eigenvalue weighted by atomic mass is 16.2. The summed E-state index contributed by atoms with van der Waals surface area (Å²) in [5.74, 6) is -0.325. The summed E-state index contributed by atoms with van der Waals surface area (Å²) in [5.41, 5.74) is 4.96. The number of amides is 1. The maximum absolute atomic E-state index is 12.4. The van der Waals surface area contributed by atoms with Crippen LogP contribution in [-0.2, 0) is 0 Å². The summed E-state index contributed by atoms with van der Waals surface area (Å²) in [5, 5.41) is 7.09. The van der Waals surface area contributed by atoms with Crippen LogP contribution < -0.4 is 10.9 Å². The third kappa shape index (κ3) is 3.38. The van der Waals surface area contributed by atoms with Crippen molar-refractivity contribution < 1.29 is 4.79 Å². The number of hydrogen-bond acceptors (Lipinski definition) is 3. The Bertz CT molecular complexity index is 997. The number of H-pyrrole nitrogens is 1. The normalized spacial score (nSPS) is 10.7. The van der Waals surface area contributed by atoms with Crippen LogP contribution in [0.3, 0.4) is 0 Å². The molecule has 6 heteroatoms. The van der Waals surface area contributed by atoms with Crippen molar-refractivity contribution in [3.63, 3.8) is 0 Å². The van der Waals surface area contributed by atoms with Gasteiger partial charge in [0.1, 0.15) is 5.69 Å². The third-order valence-electron chi connectivity index (χ3n) is 4.13. The number of nitrogens with zero attached hydrogens (tertiary/aromatic N) is 2. The van der Waals surface area contributed by atoms with Gasteiger partial charge in [0.15, 0.2) is 0 Å². The molecular formula is C19H20N4O2. The number of carbonyl (C=O) groups excluding carboxylic acids is 1. The fourth-order valence-electron chi connectivity index (χ4n) is 2.66. The Morgan fingerprint density at radius 2 is 1.76 bits per heavy atom. The molecule has 0 fully saturated rings. The fourth-order valence-corrected chi connectivity index (χ4v) is 2.66. The summed E-state index contributed by atoms with van der Waals surface area (Å²) in [6, 6.07) is 10.8. The van der Waals surface area contributed by atoms with Crippen molar-refractivity contribution in [1.82, 2.24) is 14.8 Å². The zero-order valence-electron chi connectivity index (χ0n) is 14.7. The first-order chi connectivity index (χ1) is 11.8. The zero-order valence-corrected chi connectivity index (χ0v) is 14.7. The van der Waals surface area contributed by atoms with Gasteiger partial charge in [0.05, 0.1) is 11.4 Å². The number of nitrogens with one attached hydrogen (secondary N) is 2. The molecule has 1 amide bonds. The number of benzene rings is 1. The van der Waals surface area contributed by atoms with Crippen LogP contribution in [0.15, 0.2) is 41.2 Å². The lowest BCUT2D eigenvalue weighted by Crippen LogP contribution is -2.20. The van der Waals surface area contributed by atoms with Crippen molar-refractivity contribution in [1.29, 1.82) is 0 Å². The van der Waals surface area contributed by atoms with Gasteiger partial charge in [-0.25, -0.2) is 4.68 Å². The second kappa shape index (κ2) is 6.39. The largest absolute Gasteiger partial charge is 0.324 e. The number of aryl methyl sites for hydroxylation is 4. The standard InChI is InChI=1S/C19H20N4O2/c1-11-9-17(19(25)20-14(11)4)21-18(24)15-5-7-16(8-6-15)23-13(3)10-12(2)22-23/h5-10H,1-4H3,(H,20,25)(H,21,24). The van der Waals surface area contributed by atoms with Crippen LogP contribution >= 0.6 is 0 Å². The molecule has 0 aliphatic heterocycles. The van der Waals surface area contributed by atoms with Gasteiger partial charge in [-0.3, -0.25) is 9.59 Å². The summed E-state index contributed by atoms with van der Waals surface area (Å²) < 4.78 is 1.82. The lowest BCUT2D eigenvalue weighted by Gasteiger charge is -2.08. The summed E-state index contributed by atoms with van der Waals surface area (Å²) in [6.45, 7) is 7.61. The topological polar surface area (TPSA) is 79.8 Å². The molecule has 0 saturated carbocycles. The van der Waals surface area contributed by atoms with Crippen LogP contribution in [0.1, 0.15) is 33.0 Å². The van der Waals surface area contributed by atoms with Crippen molar-refractivity contribution in [3.05, 3.63) is 75.0 Å². The van der Waals surface area contributed by atoms with Crippen molar-refractivity contribution in [2.45, 2.75) is 27.7 Å². The molecule has 1 aromatic carbocycles. The van der Waals surface area contributed by atoms with Crippen molar-refractivity contribution >= 4 is 11.6 Å². The molecule has 3 rings (SSSR count). The Hall–Kier alpha value is -3.15. The third-order valence-corrected chi connectivity index (χ3v) is 4.13. The van der Waals surface area contributed by atoms with Crippen LogP contribution in [0, 0.1) is 27.7 Å². The number of pyridine rings is 1. The molecule has 0 spiro atoms. The number of aromatic amines is 1. The van der Waals surface area contributed by atoms with Gasteiger partial charge in [0.2, 0.25) is 0 Å². The maximum atomic E-state index is 12.4. The summed E-state index contributed by atoms with van der Waals surface area (Å²) >= 11 is 0. The molecule has 0 saturated heterocycles. The first-order valence-electron chi connectivity index (χ1n) is 8.01. The lowest BCUT2D eigenvalue weighted by molar-refractivity contribution is 0.102. The second-order valence-corrected chi connectivity index (χ2v) is 6.16. The first kappa shape index (κ1) is 16.7. The number of hydrogen-bond donors (Lipinski definition) is 2. The van der Waals surface area contributed by atoms with E-state index in [-0.39, 0.29) is 17.2 Å². The predicted octanol–water partition coefficient (Wildman–Crippen LogP) is 3.05. The van der Waals surface area contributed by atoms with Crippen LogP contribution in [0.5, 0.6) is 0 Å². The van der Waals surface area contributed by atoms with E-state index >= 15 is 0 Å². The lowest BCUT2D eigenvalue weighted by atomic mass is 10.1. The van der Waals surface area contributed by atoms with E-state index in [0.29, 0.717) is 5.56 Å². The maximum Gasteiger partial charge on any atom is 0.271 e. The van der Waals surface area contributed by atoms with Crippen LogP contribution in [-0.4, -0.2) is 20.7 Å². The Morgan fingerprint density at radius 3 is 2.36 bits per heavy atom. The van der Waals surface area contributed by atoms with Gasteiger partial charge in [-0.2, -0.15) is 5.10 Å². The molecule has 6 nitrogen and oxygen atoms in total. The molecule has 0 atom stereocenters. The van der Waals surface area contributed by atoms with E-state index in [1.54, 1.807) is 18.2 Å². The van der Waals surface area contributed by atoms with E-state index in [1.165, 1.54) is 0 Å². The average molecular weight is 336 g/mol. The van der Waals surface area contributed by atoms with Crippen molar-refractivity contribution in [2.75, 3.05) is 5.32 Å². The minimum atomic E-state index is -0.325. The monoisotopic (exact) mass is 336 g/mol. The van der Waals surface area contributed by atoms with Crippen molar-refractivity contribution in [3.8, 4) is 5.69 Å². The molecule has 0 aliphatic carbocycles. The van der Waals surface area contributed by atoms with Gasteiger partial charge in [0.25, 0.3) is 11.5 Å². The highest BCUT2D eigenvalue weighted by Gasteiger charge is 2.11. The van der Waals surface area contributed by atoms with Gasteiger partial charge < -0.3 is 10.3 Å². The minimum absolute atomic E-state index is 0.246. The molecule has 3 aromatic rings. The Balaban J connectivity index is 1.83. The van der Waals surface area contributed by atoms with Gasteiger partial charge in [-0.05, 0) is 69.7 Å². The first-order valence-corrected chi connectivity index (χ1v) is 8.01. The highest BCUT2D eigenvalue weighted by molar-refractivity contribution is 6.04. The van der Waals surface area contributed by atoms with E-state index in [4.69, 9.17) is 0 Å². The Kier molecular flexibility index (Phi) is 4.27. The highest BCUT2D eigenvalue weighted by Crippen LogP contribution is 2.14. The molecule has 25 heavy (non-hydrogen) atoms. The van der Waals surface area contributed by atoms with Crippen molar-refractivity contribution in [2.24, 2.45) is 0 Å². The second-order valence-electron chi connectivity index (χ2n) is 6.16. The summed E-state index contributed by atoms with van der Waals surface area (Å²) in [6.07, 6.45) is 0. The molecule has 0 unspecified atom stereocenters. The quantitative estimate of drug-likeness (QED) is 0.771. The molecule has 2 heterocycles. The van der Waals surface area contributed by atoms with Gasteiger partial charge in [-0.15, -0.1) is 0 Å². The van der Waals surface area contributed by atoms with Gasteiger partial charge in [-0.1, -0.05) is 0 Å². The molecule has 2 N–H and O–H groups in total. The van der Waals surface area contributed by atoms with E-state index in [2.05, 4.69) is 15.4 Å². The van der Waals surface area contributed by atoms with Crippen LogP contribution in [0.4, 0.5) is 5.69 Å². The average Bonchev–Trinajstić information content (AvgIpc) is 2.91. The molecule has 0 aliphatic rings. The molecule has 2 aromatic heterocycles. The van der Waals surface area contributed by atoms with Crippen LogP contribution in [0.25, 0.3) is 5.69 Å². The summed E-state index contributed by atoms with van der Waals surface area (Å²) in [4.78, 5) is 27.1. The molecule has 128 valence electrons. The molecule has 0 radical (unpaired) electrons. The van der Waals surface area contributed by atoms with Crippen LogP contribution in [0.2, 0.25) is 0 Å². The number of carbonyl (C=O) groups is 1. The minimum Gasteiger partial charge on any atom is -0.324 e. The SMILES string of the molecule is Cc1cc(C)n(-c2ccc(C(=O)Nc3cc(C)c(C)[nH]c3=O)cc2)n1.